The van der Waals surface area contributed by atoms with E-state index in [2.05, 4.69) is 15.4 Å². The summed E-state index contributed by atoms with van der Waals surface area (Å²) in [5.74, 6) is 0. The van der Waals surface area contributed by atoms with E-state index in [4.69, 9.17) is 0 Å². The van der Waals surface area contributed by atoms with Crippen LogP contribution in [0.4, 0.5) is 13.2 Å². The Morgan fingerprint density at radius 2 is 2.05 bits per heavy atom. The van der Waals surface area contributed by atoms with Gasteiger partial charge in [0.2, 0.25) is 0 Å². The van der Waals surface area contributed by atoms with Gasteiger partial charge in [-0.3, -0.25) is 9.67 Å². The number of hydrogen-bond donors (Lipinski definition) is 1. The van der Waals surface area contributed by atoms with Gasteiger partial charge in [0.05, 0.1) is 12.2 Å². The van der Waals surface area contributed by atoms with E-state index in [1.165, 1.54) is 23.7 Å². The molecule has 2 aromatic heterocycles. The van der Waals surface area contributed by atoms with Gasteiger partial charge in [0.25, 0.3) is 0 Å². The molecule has 1 N–H and O–H groups in total. The van der Waals surface area contributed by atoms with Crippen molar-refractivity contribution < 1.29 is 13.2 Å². The molecule has 0 unspecified atom stereocenters. The van der Waals surface area contributed by atoms with Crippen molar-refractivity contribution in [2.75, 3.05) is 0 Å². The van der Waals surface area contributed by atoms with Crippen molar-refractivity contribution in [3.05, 3.63) is 47.5 Å². The van der Waals surface area contributed by atoms with Gasteiger partial charge < -0.3 is 5.32 Å². The number of hydrogen-bond acceptors (Lipinski definition) is 3. The zero-order valence-electron chi connectivity index (χ0n) is 11.3. The Hall–Kier alpha value is -1.89. The van der Waals surface area contributed by atoms with Crippen molar-refractivity contribution in [3.63, 3.8) is 0 Å². The summed E-state index contributed by atoms with van der Waals surface area (Å²) in [6.07, 6.45) is 1.11. The van der Waals surface area contributed by atoms with Crippen LogP contribution in [0.25, 0.3) is 0 Å². The fraction of sp³-hybridized carbons (Fsp3) is 0.429. The Labute approximate surface area is 120 Å². The fourth-order valence-electron chi connectivity index (χ4n) is 1.97. The average molecular weight is 296 g/mol. The first-order chi connectivity index (χ1) is 10.0. The molecule has 2 aromatic rings. The van der Waals surface area contributed by atoms with Crippen LogP contribution in [-0.4, -0.2) is 20.8 Å². The summed E-state index contributed by atoms with van der Waals surface area (Å²) >= 11 is 0. The second-order valence-electron chi connectivity index (χ2n) is 5.21. The van der Waals surface area contributed by atoms with Gasteiger partial charge in [-0.05, 0) is 30.5 Å². The summed E-state index contributed by atoms with van der Waals surface area (Å²) < 4.78 is 38.6. The van der Waals surface area contributed by atoms with E-state index < -0.39 is 11.9 Å². The maximum Gasteiger partial charge on any atom is 0.435 e. The first-order valence-electron chi connectivity index (χ1n) is 6.78. The molecule has 21 heavy (non-hydrogen) atoms. The number of rotatable bonds is 5. The molecule has 0 spiro atoms. The fourth-order valence-corrected chi connectivity index (χ4v) is 1.97. The predicted molar refractivity (Wildman–Crippen MR) is 70.4 cm³/mol. The lowest BCUT2D eigenvalue weighted by atomic mass is 10.2. The molecular weight excluding hydrogens is 281 g/mol. The summed E-state index contributed by atoms with van der Waals surface area (Å²) in [6, 6.07) is 5.35. The molecule has 112 valence electrons. The van der Waals surface area contributed by atoms with E-state index in [1.807, 2.05) is 12.1 Å². The molecule has 2 heterocycles. The standard InChI is InChI=1S/C14H15F3N4/c15-14(16,17)13-5-6-21(20-13)9-12-2-1-10(8-19-12)7-18-11-3-4-11/h1-2,5-6,8,11,18H,3-4,7,9H2. The van der Waals surface area contributed by atoms with Crippen LogP contribution < -0.4 is 5.32 Å². The number of nitrogens with zero attached hydrogens (tertiary/aromatic N) is 3. The Morgan fingerprint density at radius 1 is 1.24 bits per heavy atom. The van der Waals surface area contributed by atoms with Crippen LogP contribution in [0.2, 0.25) is 0 Å². The van der Waals surface area contributed by atoms with Gasteiger partial charge in [0, 0.05) is 25.0 Å². The zero-order chi connectivity index (χ0) is 14.9. The van der Waals surface area contributed by atoms with Crippen molar-refractivity contribution in [3.8, 4) is 0 Å². The minimum absolute atomic E-state index is 0.229. The molecule has 1 saturated carbocycles. The highest BCUT2D eigenvalue weighted by Crippen LogP contribution is 2.27. The number of aromatic nitrogens is 3. The first-order valence-corrected chi connectivity index (χ1v) is 6.78. The van der Waals surface area contributed by atoms with Crippen molar-refractivity contribution in [1.29, 1.82) is 0 Å². The van der Waals surface area contributed by atoms with Gasteiger partial charge in [0.1, 0.15) is 0 Å². The Kier molecular flexibility index (Phi) is 3.67. The van der Waals surface area contributed by atoms with E-state index in [0.717, 1.165) is 18.2 Å². The van der Waals surface area contributed by atoms with Crippen LogP contribution in [0.3, 0.4) is 0 Å². The van der Waals surface area contributed by atoms with Gasteiger partial charge in [0.15, 0.2) is 5.69 Å². The summed E-state index contributed by atoms with van der Waals surface area (Å²) in [7, 11) is 0. The molecule has 3 rings (SSSR count). The van der Waals surface area contributed by atoms with Crippen LogP contribution >= 0.6 is 0 Å². The topological polar surface area (TPSA) is 42.7 Å². The summed E-state index contributed by atoms with van der Waals surface area (Å²) in [5.41, 5.74) is 0.872. The molecule has 0 bridgehead atoms. The molecule has 1 aliphatic rings. The predicted octanol–water partition coefficient (Wildman–Crippen LogP) is 2.60. The second kappa shape index (κ2) is 5.48. The lowest BCUT2D eigenvalue weighted by molar-refractivity contribution is -0.141. The monoisotopic (exact) mass is 296 g/mol. The summed E-state index contributed by atoms with van der Waals surface area (Å²) in [6.45, 7) is 1.00. The van der Waals surface area contributed by atoms with Crippen LogP contribution in [-0.2, 0) is 19.3 Å². The molecule has 0 radical (unpaired) electrons. The van der Waals surface area contributed by atoms with Crippen LogP contribution in [0.5, 0.6) is 0 Å². The Bertz CT molecular complexity index is 599. The molecule has 1 fully saturated rings. The van der Waals surface area contributed by atoms with E-state index >= 15 is 0 Å². The van der Waals surface area contributed by atoms with Gasteiger partial charge in [-0.25, -0.2) is 0 Å². The number of pyridine rings is 1. The lowest BCUT2D eigenvalue weighted by Gasteiger charge is -2.05. The molecule has 1 aliphatic carbocycles. The van der Waals surface area contributed by atoms with Gasteiger partial charge in [-0.1, -0.05) is 6.07 Å². The molecule has 7 heteroatoms. The van der Waals surface area contributed by atoms with Crippen LogP contribution in [0.1, 0.15) is 29.8 Å². The minimum atomic E-state index is -4.41. The highest BCUT2D eigenvalue weighted by atomic mass is 19.4. The number of alkyl halides is 3. The van der Waals surface area contributed by atoms with E-state index in [9.17, 15) is 13.2 Å². The largest absolute Gasteiger partial charge is 0.435 e. The van der Waals surface area contributed by atoms with Gasteiger partial charge >= 0.3 is 6.18 Å². The third kappa shape index (κ3) is 3.81. The van der Waals surface area contributed by atoms with Gasteiger partial charge in [-0.15, -0.1) is 0 Å². The lowest BCUT2D eigenvalue weighted by Crippen LogP contribution is -2.15. The molecule has 0 atom stereocenters. The summed E-state index contributed by atoms with van der Waals surface area (Å²) in [5, 5.41) is 6.89. The Morgan fingerprint density at radius 3 is 2.62 bits per heavy atom. The molecule has 0 saturated heterocycles. The molecule has 4 nitrogen and oxygen atoms in total. The Balaban J connectivity index is 1.60. The third-order valence-electron chi connectivity index (χ3n) is 3.31. The maximum atomic E-state index is 12.4. The number of halogens is 3. The smallest absolute Gasteiger partial charge is 0.310 e. The van der Waals surface area contributed by atoms with Crippen molar-refractivity contribution in [2.45, 2.75) is 38.1 Å². The minimum Gasteiger partial charge on any atom is -0.310 e. The first kappa shape index (κ1) is 14.1. The normalized spacial score (nSPS) is 15.4. The average Bonchev–Trinajstić information content (AvgIpc) is 3.14. The highest BCUT2D eigenvalue weighted by Gasteiger charge is 2.33. The van der Waals surface area contributed by atoms with Crippen molar-refractivity contribution >= 4 is 0 Å². The van der Waals surface area contributed by atoms with Crippen molar-refractivity contribution in [1.82, 2.24) is 20.1 Å². The molecule has 0 amide bonds. The van der Waals surface area contributed by atoms with Crippen LogP contribution in [0, 0.1) is 0 Å². The second-order valence-corrected chi connectivity index (χ2v) is 5.21. The maximum absolute atomic E-state index is 12.4. The highest BCUT2D eigenvalue weighted by molar-refractivity contribution is 5.15. The van der Waals surface area contributed by atoms with Gasteiger partial charge in [-0.2, -0.15) is 18.3 Å². The zero-order valence-corrected chi connectivity index (χ0v) is 11.3. The SMILES string of the molecule is FC(F)(F)c1ccn(Cc2ccc(CNC3CC3)cn2)n1. The van der Waals surface area contributed by atoms with E-state index in [0.29, 0.717) is 11.7 Å². The quantitative estimate of drug-likeness (QED) is 0.922. The molecule has 0 aliphatic heterocycles. The van der Waals surface area contributed by atoms with E-state index in [1.54, 1.807) is 6.20 Å². The van der Waals surface area contributed by atoms with Crippen LogP contribution in [0.15, 0.2) is 30.6 Å². The number of nitrogens with one attached hydrogen (secondary N) is 1. The molecule has 0 aromatic carbocycles. The summed E-state index contributed by atoms with van der Waals surface area (Å²) in [4.78, 5) is 4.26. The van der Waals surface area contributed by atoms with E-state index in [-0.39, 0.29) is 6.54 Å². The third-order valence-corrected chi connectivity index (χ3v) is 3.31. The molecular formula is C14H15F3N4. The van der Waals surface area contributed by atoms with Crippen molar-refractivity contribution in [2.24, 2.45) is 0 Å².